The van der Waals surface area contributed by atoms with Gasteiger partial charge in [0.05, 0.1) is 25.3 Å². The second-order valence-corrected chi connectivity index (χ2v) is 9.81. The second-order valence-electron chi connectivity index (χ2n) is 9.81. The highest BCUT2D eigenvalue weighted by Gasteiger charge is 1.99. The molecule has 0 spiro atoms. The van der Waals surface area contributed by atoms with Crippen LogP contribution in [0.25, 0.3) is 0 Å². The fraction of sp³-hybridized carbons (Fsp3) is 0.929. The third kappa shape index (κ3) is 49.8. The van der Waals surface area contributed by atoms with E-state index < -0.39 is 11.9 Å². The number of nitrogens with two attached hydrogens (primary N) is 2. The standard InChI is InChI=1S/C12H28N2O2.2C8H16O2/c1-11(15)9-13-7-5-3-4-6-8-14-10-12(2)16;2*1-2-3-4-5-6-7-8(9)10/h11-16H,3-10H2,1-2H3;2*2-7H2,1H3,(H,9,10). The highest BCUT2D eigenvalue weighted by molar-refractivity contribution is 5.64. The van der Waals surface area contributed by atoms with Crippen molar-refractivity contribution in [2.24, 2.45) is 0 Å². The Bertz CT molecular complexity index is 408. The highest BCUT2D eigenvalue weighted by Crippen LogP contribution is 2.04. The first-order chi connectivity index (χ1) is 17.2. The van der Waals surface area contributed by atoms with Crippen molar-refractivity contribution < 1.29 is 40.6 Å². The van der Waals surface area contributed by atoms with Gasteiger partial charge in [-0.1, -0.05) is 65.2 Å². The van der Waals surface area contributed by atoms with Crippen LogP contribution >= 0.6 is 0 Å². The van der Waals surface area contributed by atoms with Crippen molar-refractivity contribution in [3.63, 3.8) is 0 Å². The van der Waals surface area contributed by atoms with Crippen LogP contribution < -0.4 is 20.8 Å². The van der Waals surface area contributed by atoms with E-state index >= 15 is 0 Å². The summed E-state index contributed by atoms with van der Waals surface area (Å²) in [5.74, 6) is -1.84. The maximum atomic E-state index is 9.92. The SMILES string of the molecule is CC(O)C[NH2+]CCCCCC[NH2+]CC(C)O.CCCCCCCC(=O)[O-].CCCCCCCC(=O)[O-]. The first-order valence-electron chi connectivity index (χ1n) is 14.6. The van der Waals surface area contributed by atoms with Crippen molar-refractivity contribution in [1.29, 1.82) is 0 Å². The summed E-state index contributed by atoms with van der Waals surface area (Å²) >= 11 is 0. The molecule has 218 valence electrons. The van der Waals surface area contributed by atoms with Crippen molar-refractivity contribution in [2.75, 3.05) is 26.2 Å². The van der Waals surface area contributed by atoms with Gasteiger partial charge in [-0.3, -0.25) is 0 Å². The predicted octanol–water partition coefficient (Wildman–Crippen LogP) is 0.629. The Labute approximate surface area is 221 Å². The molecule has 0 bridgehead atoms. The second kappa shape index (κ2) is 33.8. The summed E-state index contributed by atoms with van der Waals surface area (Å²) < 4.78 is 0. The van der Waals surface area contributed by atoms with Gasteiger partial charge in [0.1, 0.15) is 13.1 Å². The average Bonchev–Trinajstić information content (AvgIpc) is 2.80. The van der Waals surface area contributed by atoms with Crippen LogP contribution in [-0.2, 0) is 9.59 Å². The Morgan fingerprint density at radius 2 is 0.889 bits per heavy atom. The number of carboxylic acid groups (broad SMARTS) is 2. The number of carbonyl (C=O) groups excluding carboxylic acids is 2. The Kier molecular flexibility index (Phi) is 36.9. The van der Waals surface area contributed by atoms with Gasteiger partial charge in [-0.25, -0.2) is 0 Å². The van der Waals surface area contributed by atoms with Crippen LogP contribution in [-0.4, -0.2) is 60.5 Å². The van der Waals surface area contributed by atoms with Gasteiger partial charge in [0.2, 0.25) is 0 Å². The van der Waals surface area contributed by atoms with Crippen LogP contribution in [0, 0.1) is 0 Å². The lowest BCUT2D eigenvalue weighted by molar-refractivity contribution is -0.662. The van der Waals surface area contributed by atoms with Crippen molar-refractivity contribution in [3.05, 3.63) is 0 Å². The van der Waals surface area contributed by atoms with Gasteiger partial charge < -0.3 is 40.6 Å². The van der Waals surface area contributed by atoms with Crippen molar-refractivity contribution in [3.8, 4) is 0 Å². The largest absolute Gasteiger partial charge is 0.550 e. The molecule has 0 radical (unpaired) electrons. The first kappa shape index (κ1) is 39.3. The summed E-state index contributed by atoms with van der Waals surface area (Å²) in [4.78, 5) is 19.8. The normalized spacial score (nSPS) is 12.1. The van der Waals surface area contributed by atoms with E-state index in [-0.39, 0.29) is 25.0 Å². The van der Waals surface area contributed by atoms with Crippen LogP contribution in [0.3, 0.4) is 0 Å². The lowest BCUT2D eigenvalue weighted by atomic mass is 10.1. The molecule has 0 aliphatic carbocycles. The summed E-state index contributed by atoms with van der Waals surface area (Å²) in [6.07, 6.45) is 15.9. The van der Waals surface area contributed by atoms with E-state index in [0.717, 1.165) is 64.7 Å². The van der Waals surface area contributed by atoms with Gasteiger partial charge >= 0.3 is 0 Å². The number of unbranched alkanes of at least 4 members (excludes halogenated alkanes) is 11. The van der Waals surface area contributed by atoms with E-state index in [4.69, 9.17) is 10.2 Å². The minimum Gasteiger partial charge on any atom is -0.550 e. The molecule has 2 atom stereocenters. The van der Waals surface area contributed by atoms with E-state index in [2.05, 4.69) is 24.5 Å². The smallest absolute Gasteiger partial charge is 0.102 e. The van der Waals surface area contributed by atoms with Gasteiger partial charge in [-0.05, 0) is 65.2 Å². The maximum Gasteiger partial charge on any atom is 0.102 e. The maximum absolute atomic E-state index is 9.92. The summed E-state index contributed by atoms with van der Waals surface area (Å²) in [6, 6.07) is 0. The van der Waals surface area contributed by atoms with Crippen molar-refractivity contribution in [1.82, 2.24) is 0 Å². The fourth-order valence-electron chi connectivity index (χ4n) is 3.39. The topological polar surface area (TPSA) is 154 Å². The first-order valence-corrected chi connectivity index (χ1v) is 14.6. The molecule has 0 aromatic carbocycles. The highest BCUT2D eigenvalue weighted by atomic mass is 16.4. The summed E-state index contributed by atoms with van der Waals surface area (Å²) in [7, 11) is 0. The number of aliphatic hydroxyl groups excluding tert-OH is 2. The number of aliphatic hydroxyl groups is 2. The zero-order valence-electron chi connectivity index (χ0n) is 24.0. The zero-order chi connectivity index (χ0) is 27.9. The molecule has 0 heterocycles. The van der Waals surface area contributed by atoms with Crippen LogP contribution in [0.1, 0.15) is 130 Å². The molecule has 0 aromatic heterocycles. The summed E-state index contributed by atoms with van der Waals surface area (Å²) in [5, 5.41) is 42.3. The molecule has 0 aliphatic heterocycles. The van der Waals surface area contributed by atoms with Crippen LogP contribution in [0.4, 0.5) is 0 Å². The number of carbonyl (C=O) groups is 2. The Hall–Kier alpha value is -1.22. The van der Waals surface area contributed by atoms with Gasteiger partial charge in [0.25, 0.3) is 0 Å². The fourth-order valence-corrected chi connectivity index (χ4v) is 3.39. The van der Waals surface area contributed by atoms with E-state index in [1.807, 2.05) is 13.8 Å². The molecule has 0 saturated carbocycles. The minimum absolute atomic E-state index is 0.185. The summed E-state index contributed by atoms with van der Waals surface area (Å²) in [6.45, 7) is 11.8. The van der Waals surface area contributed by atoms with Crippen LogP contribution in [0.5, 0.6) is 0 Å². The van der Waals surface area contributed by atoms with Crippen LogP contribution in [0.15, 0.2) is 0 Å². The van der Waals surface area contributed by atoms with E-state index in [0.29, 0.717) is 0 Å². The van der Waals surface area contributed by atoms with Gasteiger partial charge in [-0.15, -0.1) is 0 Å². The molecule has 0 amide bonds. The van der Waals surface area contributed by atoms with Crippen LogP contribution in [0.2, 0.25) is 0 Å². The number of quaternary nitrogens is 2. The third-order valence-electron chi connectivity index (χ3n) is 5.55. The molecule has 0 rings (SSSR count). The van der Waals surface area contributed by atoms with Gasteiger partial charge in [0.15, 0.2) is 0 Å². The minimum atomic E-state index is -0.920. The molecule has 36 heavy (non-hydrogen) atoms. The van der Waals surface area contributed by atoms with Gasteiger partial charge in [0, 0.05) is 11.9 Å². The molecule has 0 aromatic rings. The van der Waals surface area contributed by atoms with Crippen molar-refractivity contribution >= 4 is 11.9 Å². The molecular weight excluding hydrogens is 460 g/mol. The Morgan fingerprint density at radius 3 is 1.17 bits per heavy atom. The molecule has 0 saturated heterocycles. The average molecular weight is 521 g/mol. The number of aliphatic carboxylic acids is 2. The molecule has 8 nitrogen and oxygen atoms in total. The number of rotatable bonds is 23. The number of carboxylic acids is 2. The van der Waals surface area contributed by atoms with E-state index in [1.54, 1.807) is 0 Å². The van der Waals surface area contributed by atoms with E-state index in [9.17, 15) is 19.8 Å². The predicted molar refractivity (Wildman–Crippen MR) is 142 cm³/mol. The summed E-state index contributed by atoms with van der Waals surface area (Å²) in [5.41, 5.74) is 0. The molecule has 0 fully saturated rings. The molecule has 0 aliphatic rings. The lowest BCUT2D eigenvalue weighted by Crippen LogP contribution is -2.86. The lowest BCUT2D eigenvalue weighted by Gasteiger charge is -2.04. The van der Waals surface area contributed by atoms with Gasteiger partial charge in [-0.2, -0.15) is 0 Å². The third-order valence-corrected chi connectivity index (χ3v) is 5.55. The molecule has 8 heteroatoms. The molecular formula is C28H60N2O6. The number of hydrogen-bond donors (Lipinski definition) is 4. The monoisotopic (exact) mass is 520 g/mol. The zero-order valence-corrected chi connectivity index (χ0v) is 24.0. The Balaban J connectivity index is -0.000000476. The van der Waals surface area contributed by atoms with Crippen molar-refractivity contribution in [2.45, 2.75) is 143 Å². The number of hydrogen-bond acceptors (Lipinski definition) is 6. The quantitative estimate of drug-likeness (QED) is 0.145. The molecule has 2 unspecified atom stereocenters. The molecule has 6 N–H and O–H groups in total. The Morgan fingerprint density at radius 1 is 0.583 bits per heavy atom. The van der Waals surface area contributed by atoms with E-state index in [1.165, 1.54) is 51.4 Å².